The van der Waals surface area contributed by atoms with Crippen molar-refractivity contribution in [2.24, 2.45) is 0 Å². The van der Waals surface area contributed by atoms with Gasteiger partial charge >= 0.3 is 0 Å². The Morgan fingerprint density at radius 3 is 2.71 bits per heavy atom. The minimum Gasteiger partial charge on any atom is -0.374 e. The van der Waals surface area contributed by atoms with E-state index in [9.17, 15) is 0 Å². The van der Waals surface area contributed by atoms with Gasteiger partial charge in [0.25, 0.3) is 0 Å². The number of ether oxygens (including phenoxy) is 1. The third-order valence-electron chi connectivity index (χ3n) is 4.49. The lowest BCUT2D eigenvalue weighted by Gasteiger charge is -2.28. The molecule has 1 N–H and O–H groups in total. The summed E-state index contributed by atoms with van der Waals surface area (Å²) in [5.41, 5.74) is 3.38. The van der Waals surface area contributed by atoms with Gasteiger partial charge in [-0.05, 0) is 57.4 Å². The molecule has 3 rings (SSSR count). The number of para-hydroxylation sites is 1. The van der Waals surface area contributed by atoms with Gasteiger partial charge < -0.3 is 10.1 Å². The average Bonchev–Trinajstić information content (AvgIpc) is 2.53. The van der Waals surface area contributed by atoms with E-state index in [2.05, 4.69) is 41.6 Å². The van der Waals surface area contributed by atoms with Crippen molar-refractivity contribution in [1.29, 1.82) is 0 Å². The Bertz CT molecular complexity index is 603. The molecule has 0 spiro atoms. The van der Waals surface area contributed by atoms with Gasteiger partial charge in [0, 0.05) is 17.1 Å². The molecule has 3 heteroatoms. The number of nitrogens with zero attached hydrogens (tertiary/aromatic N) is 1. The molecule has 1 aromatic carbocycles. The van der Waals surface area contributed by atoms with Gasteiger partial charge in [-0.15, -0.1) is 0 Å². The molecule has 0 unspecified atom stereocenters. The van der Waals surface area contributed by atoms with E-state index >= 15 is 0 Å². The number of aromatic nitrogens is 1. The lowest BCUT2D eigenvalue weighted by atomic mass is 9.93. The predicted octanol–water partition coefficient (Wildman–Crippen LogP) is 3.59. The Morgan fingerprint density at radius 2 is 1.95 bits per heavy atom. The van der Waals surface area contributed by atoms with E-state index in [4.69, 9.17) is 4.74 Å². The van der Waals surface area contributed by atoms with Crippen LogP contribution < -0.4 is 5.32 Å². The number of fused-ring (bicyclic) bond motifs is 1. The molecule has 1 fully saturated rings. The quantitative estimate of drug-likeness (QED) is 0.931. The molecule has 0 aliphatic heterocycles. The largest absolute Gasteiger partial charge is 0.374 e. The first-order chi connectivity index (χ1) is 10.3. The van der Waals surface area contributed by atoms with Gasteiger partial charge in [-0.25, -0.2) is 0 Å². The van der Waals surface area contributed by atoms with Gasteiger partial charge in [0.1, 0.15) is 0 Å². The molecule has 0 bridgehead atoms. The van der Waals surface area contributed by atoms with Crippen molar-refractivity contribution in [2.75, 3.05) is 7.05 Å². The van der Waals surface area contributed by atoms with E-state index in [1.165, 1.54) is 23.8 Å². The molecule has 0 atom stereocenters. The molecule has 112 valence electrons. The van der Waals surface area contributed by atoms with Crippen LogP contribution in [0.5, 0.6) is 0 Å². The second kappa shape index (κ2) is 6.54. The molecular weight excluding hydrogens is 260 g/mol. The van der Waals surface area contributed by atoms with E-state index in [0.717, 1.165) is 24.1 Å². The topological polar surface area (TPSA) is 34.1 Å². The maximum Gasteiger partial charge on any atom is 0.0727 e. The Balaban J connectivity index is 1.68. The number of aryl methyl sites for hydroxylation is 1. The monoisotopic (exact) mass is 284 g/mol. The summed E-state index contributed by atoms with van der Waals surface area (Å²) in [5.74, 6) is 0. The minimum atomic E-state index is 0.404. The van der Waals surface area contributed by atoms with Crippen LogP contribution in [0.2, 0.25) is 0 Å². The summed E-state index contributed by atoms with van der Waals surface area (Å²) in [7, 11) is 2.05. The summed E-state index contributed by atoms with van der Waals surface area (Å²) < 4.78 is 6.17. The normalized spacial score (nSPS) is 22.6. The van der Waals surface area contributed by atoms with Crippen LogP contribution in [0.3, 0.4) is 0 Å². The van der Waals surface area contributed by atoms with Crippen LogP contribution in [0.1, 0.15) is 36.9 Å². The van der Waals surface area contributed by atoms with Crippen LogP contribution in [0.25, 0.3) is 10.9 Å². The second-order valence-electron chi connectivity index (χ2n) is 6.01. The first-order valence-corrected chi connectivity index (χ1v) is 7.90. The fourth-order valence-corrected chi connectivity index (χ4v) is 3.24. The van der Waals surface area contributed by atoms with Crippen molar-refractivity contribution < 1.29 is 4.74 Å². The zero-order valence-corrected chi connectivity index (χ0v) is 12.9. The van der Waals surface area contributed by atoms with Crippen LogP contribution in [0.15, 0.2) is 30.3 Å². The summed E-state index contributed by atoms with van der Waals surface area (Å²) in [6.07, 6.45) is 5.16. The van der Waals surface area contributed by atoms with Crippen LogP contribution >= 0.6 is 0 Å². The Labute approximate surface area is 126 Å². The van der Waals surface area contributed by atoms with Gasteiger partial charge in [-0.2, -0.15) is 0 Å². The van der Waals surface area contributed by atoms with Crippen molar-refractivity contribution in [3.05, 3.63) is 41.6 Å². The van der Waals surface area contributed by atoms with Crippen LogP contribution in [-0.4, -0.2) is 24.2 Å². The first-order valence-electron chi connectivity index (χ1n) is 7.90. The van der Waals surface area contributed by atoms with Gasteiger partial charge in [-0.1, -0.05) is 18.2 Å². The van der Waals surface area contributed by atoms with Gasteiger partial charge in [-0.3, -0.25) is 4.98 Å². The molecule has 21 heavy (non-hydrogen) atoms. The van der Waals surface area contributed by atoms with Gasteiger partial charge in [0.2, 0.25) is 0 Å². The number of nitrogens with one attached hydrogen (secondary N) is 1. The highest BCUT2D eigenvalue weighted by molar-refractivity contribution is 5.82. The number of rotatable bonds is 4. The molecule has 0 radical (unpaired) electrons. The molecule has 0 amide bonds. The van der Waals surface area contributed by atoms with Crippen molar-refractivity contribution in [3.8, 4) is 0 Å². The first kappa shape index (κ1) is 14.5. The smallest absolute Gasteiger partial charge is 0.0727 e. The predicted molar refractivity (Wildman–Crippen MR) is 86.4 cm³/mol. The van der Waals surface area contributed by atoms with E-state index in [0.29, 0.717) is 18.8 Å². The fourth-order valence-electron chi connectivity index (χ4n) is 3.24. The summed E-state index contributed by atoms with van der Waals surface area (Å²) in [6, 6.07) is 11.2. The molecule has 1 aliphatic rings. The highest BCUT2D eigenvalue weighted by Gasteiger charge is 2.20. The highest BCUT2D eigenvalue weighted by atomic mass is 16.5. The lowest BCUT2D eigenvalue weighted by molar-refractivity contribution is 0.0123. The summed E-state index contributed by atoms with van der Waals surface area (Å²) in [6.45, 7) is 2.74. The standard InChI is InChI=1S/C18H24N2O/c1-13-11-14(17-5-3-4-6-18(17)20-13)12-21-16-9-7-15(19-2)8-10-16/h3-6,11,15-16,19H,7-10,12H2,1-2H3. The summed E-state index contributed by atoms with van der Waals surface area (Å²) in [5, 5.41) is 4.58. The average molecular weight is 284 g/mol. The zero-order chi connectivity index (χ0) is 14.7. The number of benzene rings is 1. The minimum absolute atomic E-state index is 0.404. The third-order valence-corrected chi connectivity index (χ3v) is 4.49. The molecule has 0 saturated heterocycles. The Kier molecular flexibility index (Phi) is 4.51. The molecule has 3 nitrogen and oxygen atoms in total. The molecular formula is C18H24N2O. The van der Waals surface area contributed by atoms with E-state index in [-0.39, 0.29) is 0 Å². The highest BCUT2D eigenvalue weighted by Crippen LogP contribution is 2.24. The van der Waals surface area contributed by atoms with Crippen LogP contribution in [0, 0.1) is 6.92 Å². The Hall–Kier alpha value is -1.45. The van der Waals surface area contributed by atoms with Gasteiger partial charge in [0.15, 0.2) is 0 Å². The number of hydrogen-bond donors (Lipinski definition) is 1. The maximum absolute atomic E-state index is 6.17. The van der Waals surface area contributed by atoms with Crippen LogP contribution in [0.4, 0.5) is 0 Å². The molecule has 1 saturated carbocycles. The van der Waals surface area contributed by atoms with Gasteiger partial charge in [0.05, 0.1) is 18.2 Å². The summed E-state index contributed by atoms with van der Waals surface area (Å²) in [4.78, 5) is 4.59. The fraction of sp³-hybridized carbons (Fsp3) is 0.500. The van der Waals surface area contributed by atoms with Crippen molar-refractivity contribution >= 4 is 10.9 Å². The van der Waals surface area contributed by atoms with E-state index in [1.807, 2.05) is 13.0 Å². The molecule has 1 aliphatic carbocycles. The number of hydrogen-bond acceptors (Lipinski definition) is 3. The number of pyridine rings is 1. The Morgan fingerprint density at radius 1 is 1.19 bits per heavy atom. The van der Waals surface area contributed by atoms with Crippen molar-refractivity contribution in [1.82, 2.24) is 10.3 Å². The molecule has 1 aromatic heterocycles. The third kappa shape index (κ3) is 3.42. The van der Waals surface area contributed by atoms with E-state index < -0.39 is 0 Å². The van der Waals surface area contributed by atoms with Crippen molar-refractivity contribution in [2.45, 2.75) is 51.4 Å². The van der Waals surface area contributed by atoms with E-state index in [1.54, 1.807) is 0 Å². The SMILES string of the molecule is CNC1CCC(OCc2cc(C)nc3ccccc23)CC1. The molecule has 2 aromatic rings. The lowest BCUT2D eigenvalue weighted by Crippen LogP contribution is -2.32. The summed E-state index contributed by atoms with van der Waals surface area (Å²) >= 11 is 0. The second-order valence-corrected chi connectivity index (χ2v) is 6.01. The zero-order valence-electron chi connectivity index (χ0n) is 12.9. The van der Waals surface area contributed by atoms with Crippen LogP contribution in [-0.2, 0) is 11.3 Å². The molecule has 1 heterocycles. The maximum atomic E-state index is 6.17. The van der Waals surface area contributed by atoms with Crippen molar-refractivity contribution in [3.63, 3.8) is 0 Å².